The minimum absolute atomic E-state index is 0.710. The number of anilines is 1. The Morgan fingerprint density at radius 1 is 1.14 bits per heavy atom. The average Bonchev–Trinajstić information content (AvgIpc) is 3.29. The van der Waals surface area contributed by atoms with E-state index < -0.39 is 0 Å². The molecule has 0 heterocycles. The molecule has 1 N–H and O–H groups in total. The van der Waals surface area contributed by atoms with Crippen molar-refractivity contribution in [3.63, 3.8) is 0 Å². The topological polar surface area (TPSA) is 15.3 Å². The molecule has 0 saturated heterocycles. The first kappa shape index (κ1) is 15.4. The van der Waals surface area contributed by atoms with Crippen molar-refractivity contribution in [2.75, 3.05) is 11.9 Å². The Balaban J connectivity index is 1.72. The fraction of sp³-hybridized carbons (Fsp3) is 0.667. The van der Waals surface area contributed by atoms with E-state index in [2.05, 4.69) is 58.3 Å². The molecule has 2 fully saturated rings. The van der Waals surface area contributed by atoms with Crippen molar-refractivity contribution in [3.05, 3.63) is 28.2 Å². The van der Waals surface area contributed by atoms with E-state index >= 15 is 0 Å². The summed E-state index contributed by atoms with van der Waals surface area (Å²) in [5.41, 5.74) is 2.84. The number of rotatable bonds is 5. The van der Waals surface area contributed by atoms with Gasteiger partial charge in [0.1, 0.15) is 0 Å². The number of hydrogen-bond donors (Lipinski definition) is 1. The molecule has 0 amide bonds. The molecule has 0 aliphatic heterocycles. The monoisotopic (exact) mass is 350 g/mol. The molecule has 2 saturated carbocycles. The first-order valence-corrected chi connectivity index (χ1v) is 9.17. The molecule has 2 aliphatic rings. The van der Waals surface area contributed by atoms with E-state index in [1.54, 1.807) is 0 Å². The van der Waals surface area contributed by atoms with Gasteiger partial charge in [0.05, 0.1) is 0 Å². The van der Waals surface area contributed by atoms with Gasteiger partial charge in [0, 0.05) is 35.8 Å². The molecule has 0 radical (unpaired) electrons. The van der Waals surface area contributed by atoms with Gasteiger partial charge in [-0.25, -0.2) is 0 Å². The highest BCUT2D eigenvalue weighted by molar-refractivity contribution is 9.10. The molecule has 21 heavy (non-hydrogen) atoms. The summed E-state index contributed by atoms with van der Waals surface area (Å²) >= 11 is 3.63. The van der Waals surface area contributed by atoms with Crippen molar-refractivity contribution >= 4 is 21.6 Å². The Labute approximate surface area is 137 Å². The van der Waals surface area contributed by atoms with Crippen LogP contribution in [0.1, 0.15) is 51.0 Å². The smallest absolute Gasteiger partial charge is 0.0412 e. The van der Waals surface area contributed by atoms with Gasteiger partial charge in [0.25, 0.3) is 0 Å². The normalized spacial score (nSPS) is 25.9. The third-order valence-corrected chi connectivity index (χ3v) is 5.61. The van der Waals surface area contributed by atoms with Crippen LogP contribution in [0.5, 0.6) is 0 Å². The van der Waals surface area contributed by atoms with E-state index in [1.807, 2.05) is 0 Å². The van der Waals surface area contributed by atoms with Crippen LogP contribution in [-0.4, -0.2) is 19.1 Å². The van der Waals surface area contributed by atoms with Crippen LogP contribution in [0.25, 0.3) is 0 Å². The summed E-state index contributed by atoms with van der Waals surface area (Å²) in [6.07, 6.45) is 8.12. The fourth-order valence-corrected chi connectivity index (χ4v) is 3.82. The zero-order valence-corrected chi connectivity index (χ0v) is 14.8. The highest BCUT2D eigenvalue weighted by atomic mass is 79.9. The van der Waals surface area contributed by atoms with E-state index in [4.69, 9.17) is 0 Å². The number of halogens is 1. The van der Waals surface area contributed by atoms with Crippen LogP contribution in [0, 0.1) is 5.92 Å². The van der Waals surface area contributed by atoms with Crippen molar-refractivity contribution in [3.8, 4) is 0 Å². The van der Waals surface area contributed by atoms with E-state index in [0.717, 1.165) is 18.5 Å². The SMILES string of the molecule is CC1CCC(N(C)c2ccc(Br)cc2CNC2CC2)CC1. The van der Waals surface area contributed by atoms with E-state index in [1.165, 1.54) is 54.2 Å². The predicted molar refractivity (Wildman–Crippen MR) is 93.8 cm³/mol. The highest BCUT2D eigenvalue weighted by Gasteiger charge is 2.24. The number of hydrogen-bond acceptors (Lipinski definition) is 2. The van der Waals surface area contributed by atoms with Crippen LogP contribution in [0.15, 0.2) is 22.7 Å². The maximum atomic E-state index is 3.66. The third-order valence-electron chi connectivity index (χ3n) is 5.11. The second-order valence-corrected chi connectivity index (χ2v) is 7.87. The van der Waals surface area contributed by atoms with Gasteiger partial charge in [-0.05, 0) is 68.2 Å². The van der Waals surface area contributed by atoms with Crippen molar-refractivity contribution in [2.45, 2.75) is 64.1 Å². The van der Waals surface area contributed by atoms with Gasteiger partial charge >= 0.3 is 0 Å². The van der Waals surface area contributed by atoms with E-state index in [-0.39, 0.29) is 0 Å². The molecule has 0 unspecified atom stereocenters. The summed E-state index contributed by atoms with van der Waals surface area (Å²) in [5, 5.41) is 3.66. The zero-order chi connectivity index (χ0) is 14.8. The fourth-order valence-electron chi connectivity index (χ4n) is 3.41. The summed E-state index contributed by atoms with van der Waals surface area (Å²) in [4.78, 5) is 2.53. The quantitative estimate of drug-likeness (QED) is 0.826. The minimum Gasteiger partial charge on any atom is -0.371 e. The van der Waals surface area contributed by atoms with Crippen LogP contribution in [0.2, 0.25) is 0 Å². The Kier molecular flexibility index (Phi) is 4.90. The lowest BCUT2D eigenvalue weighted by atomic mass is 9.86. The number of benzene rings is 1. The zero-order valence-electron chi connectivity index (χ0n) is 13.2. The summed E-state index contributed by atoms with van der Waals surface area (Å²) in [5.74, 6) is 0.913. The van der Waals surface area contributed by atoms with Crippen molar-refractivity contribution < 1.29 is 0 Å². The molecule has 2 aliphatic carbocycles. The van der Waals surface area contributed by atoms with Crippen LogP contribution >= 0.6 is 15.9 Å². The largest absolute Gasteiger partial charge is 0.371 e. The molecule has 1 aromatic carbocycles. The molecular weight excluding hydrogens is 324 g/mol. The van der Waals surface area contributed by atoms with Gasteiger partial charge in [-0.1, -0.05) is 22.9 Å². The van der Waals surface area contributed by atoms with Gasteiger partial charge in [-0.15, -0.1) is 0 Å². The molecule has 3 rings (SSSR count). The minimum atomic E-state index is 0.710. The lowest BCUT2D eigenvalue weighted by molar-refractivity contribution is 0.340. The van der Waals surface area contributed by atoms with E-state index in [9.17, 15) is 0 Å². The predicted octanol–water partition coefficient (Wildman–Crippen LogP) is 4.72. The summed E-state index contributed by atoms with van der Waals surface area (Å²) in [7, 11) is 2.28. The maximum absolute atomic E-state index is 3.66. The third kappa shape index (κ3) is 4.01. The van der Waals surface area contributed by atoms with Crippen LogP contribution in [0.3, 0.4) is 0 Å². The molecular formula is C18H27BrN2. The molecule has 116 valence electrons. The summed E-state index contributed by atoms with van der Waals surface area (Å²) in [6.45, 7) is 3.38. The van der Waals surface area contributed by atoms with Gasteiger partial charge in [0.15, 0.2) is 0 Å². The van der Waals surface area contributed by atoms with Crippen molar-refractivity contribution in [1.82, 2.24) is 5.32 Å². The summed E-state index contributed by atoms with van der Waals surface area (Å²) in [6, 6.07) is 8.22. The van der Waals surface area contributed by atoms with Crippen LogP contribution in [0.4, 0.5) is 5.69 Å². The van der Waals surface area contributed by atoms with Gasteiger partial charge in [-0.3, -0.25) is 0 Å². The first-order chi connectivity index (χ1) is 10.1. The molecule has 2 nitrogen and oxygen atoms in total. The standard InChI is InChI=1S/C18H27BrN2/c1-13-3-8-17(9-4-13)21(2)18-10-5-15(19)11-14(18)12-20-16-6-7-16/h5,10-11,13,16-17,20H,3-4,6-9,12H2,1-2H3. The molecule has 0 bridgehead atoms. The van der Waals surface area contributed by atoms with Gasteiger partial charge < -0.3 is 10.2 Å². The summed E-state index contributed by atoms with van der Waals surface area (Å²) < 4.78 is 1.18. The molecule has 1 aromatic rings. The maximum Gasteiger partial charge on any atom is 0.0412 e. The molecule has 0 aromatic heterocycles. The number of nitrogens with zero attached hydrogens (tertiary/aromatic N) is 1. The van der Waals surface area contributed by atoms with Crippen molar-refractivity contribution in [2.24, 2.45) is 5.92 Å². The lowest BCUT2D eigenvalue weighted by Gasteiger charge is -2.36. The molecule has 3 heteroatoms. The van der Waals surface area contributed by atoms with E-state index in [0.29, 0.717) is 6.04 Å². The second kappa shape index (κ2) is 6.70. The van der Waals surface area contributed by atoms with Crippen LogP contribution < -0.4 is 10.2 Å². The lowest BCUT2D eigenvalue weighted by Crippen LogP contribution is -2.35. The Bertz CT molecular complexity index is 476. The Morgan fingerprint density at radius 2 is 1.86 bits per heavy atom. The highest BCUT2D eigenvalue weighted by Crippen LogP contribution is 2.32. The number of nitrogens with one attached hydrogen (secondary N) is 1. The Hall–Kier alpha value is -0.540. The average molecular weight is 351 g/mol. The Morgan fingerprint density at radius 3 is 2.52 bits per heavy atom. The molecule has 0 atom stereocenters. The second-order valence-electron chi connectivity index (χ2n) is 6.95. The van der Waals surface area contributed by atoms with Gasteiger partial charge in [0.2, 0.25) is 0 Å². The van der Waals surface area contributed by atoms with Crippen molar-refractivity contribution in [1.29, 1.82) is 0 Å². The van der Waals surface area contributed by atoms with Crippen LogP contribution in [-0.2, 0) is 6.54 Å². The first-order valence-electron chi connectivity index (χ1n) is 8.38. The molecule has 0 spiro atoms. The van der Waals surface area contributed by atoms with Gasteiger partial charge in [-0.2, -0.15) is 0 Å².